The molecule has 1 aromatic heterocycles. The summed E-state index contributed by atoms with van der Waals surface area (Å²) in [6.45, 7) is 4.82. The summed E-state index contributed by atoms with van der Waals surface area (Å²) in [5, 5.41) is 11.6. The lowest BCUT2D eigenvalue weighted by molar-refractivity contribution is 0.649. The zero-order chi connectivity index (χ0) is 17.9. The van der Waals surface area contributed by atoms with Crippen molar-refractivity contribution < 1.29 is 0 Å². The predicted octanol–water partition coefficient (Wildman–Crippen LogP) is 4.12. The van der Waals surface area contributed by atoms with Crippen LogP contribution in [0.3, 0.4) is 0 Å². The topological polar surface area (TPSA) is 74.8 Å². The van der Waals surface area contributed by atoms with Crippen LogP contribution in [0, 0.1) is 5.41 Å². The number of nitrogens with one attached hydrogen (secondary N) is 2. The summed E-state index contributed by atoms with van der Waals surface area (Å²) in [5.74, 6) is 0. The quantitative estimate of drug-likeness (QED) is 0.526. The molecular weight excluding hydrogens is 308 g/mol. The number of benzene rings is 1. The van der Waals surface area contributed by atoms with E-state index in [9.17, 15) is 0 Å². The van der Waals surface area contributed by atoms with Gasteiger partial charge >= 0.3 is 0 Å². The molecule has 1 aliphatic rings. The van der Waals surface area contributed by atoms with E-state index in [0.717, 1.165) is 29.8 Å². The van der Waals surface area contributed by atoms with Crippen LogP contribution < -0.4 is 11.1 Å². The van der Waals surface area contributed by atoms with Crippen LogP contribution in [0.4, 0.5) is 5.69 Å². The molecule has 0 spiro atoms. The molecular formula is C21H26N4. The fourth-order valence-corrected chi connectivity index (χ4v) is 3.23. The summed E-state index contributed by atoms with van der Waals surface area (Å²) in [7, 11) is 0. The van der Waals surface area contributed by atoms with Crippen molar-refractivity contribution in [1.82, 2.24) is 10.3 Å². The highest BCUT2D eigenvalue weighted by atomic mass is 14.9. The lowest BCUT2D eigenvalue weighted by Gasteiger charge is -2.20. The smallest absolute Gasteiger partial charge is 0.0406 e. The third-order valence-electron chi connectivity index (χ3n) is 4.94. The van der Waals surface area contributed by atoms with Gasteiger partial charge < -0.3 is 16.5 Å². The first-order valence-corrected chi connectivity index (χ1v) is 8.86. The molecule has 0 atom stereocenters. The maximum atomic E-state index is 7.91. The van der Waals surface area contributed by atoms with Crippen molar-refractivity contribution in [3.05, 3.63) is 65.5 Å². The Balaban J connectivity index is 1.80. The Morgan fingerprint density at radius 1 is 1.28 bits per heavy atom. The number of allylic oxidation sites excluding steroid dienone is 1. The first-order valence-electron chi connectivity index (χ1n) is 8.86. The third kappa shape index (κ3) is 3.73. The second-order valence-electron chi connectivity index (χ2n) is 6.82. The van der Waals surface area contributed by atoms with E-state index in [4.69, 9.17) is 11.1 Å². The van der Waals surface area contributed by atoms with Crippen molar-refractivity contribution in [3.8, 4) is 0 Å². The van der Waals surface area contributed by atoms with Gasteiger partial charge in [-0.2, -0.15) is 0 Å². The Kier molecular flexibility index (Phi) is 4.88. The third-order valence-corrected chi connectivity index (χ3v) is 4.94. The van der Waals surface area contributed by atoms with Crippen LogP contribution in [0.1, 0.15) is 49.8 Å². The highest BCUT2D eigenvalue weighted by Gasteiger charge is 2.44. The number of aromatic nitrogens is 1. The van der Waals surface area contributed by atoms with Gasteiger partial charge in [0.25, 0.3) is 0 Å². The van der Waals surface area contributed by atoms with Crippen LogP contribution in [-0.2, 0) is 5.41 Å². The molecule has 0 saturated heterocycles. The predicted molar refractivity (Wildman–Crippen MR) is 105 cm³/mol. The number of hydrogen-bond acceptors (Lipinski definition) is 4. The number of nitrogen functional groups attached to an aromatic ring is 1. The number of hydrogen-bond donors (Lipinski definition) is 3. The first kappa shape index (κ1) is 17.2. The maximum Gasteiger partial charge on any atom is 0.0406 e. The molecule has 4 heteroatoms. The van der Waals surface area contributed by atoms with Gasteiger partial charge in [-0.1, -0.05) is 19.1 Å². The van der Waals surface area contributed by atoms with Gasteiger partial charge in [-0.25, -0.2) is 0 Å². The van der Waals surface area contributed by atoms with E-state index in [1.54, 1.807) is 6.92 Å². The normalized spacial score (nSPS) is 15.7. The van der Waals surface area contributed by atoms with Crippen LogP contribution in [0.2, 0.25) is 0 Å². The van der Waals surface area contributed by atoms with Crippen molar-refractivity contribution in [2.75, 3.05) is 12.3 Å². The van der Waals surface area contributed by atoms with Gasteiger partial charge in [0.15, 0.2) is 0 Å². The van der Waals surface area contributed by atoms with Crippen molar-refractivity contribution in [2.24, 2.45) is 0 Å². The van der Waals surface area contributed by atoms with E-state index in [1.807, 2.05) is 30.6 Å². The minimum atomic E-state index is 0.226. The lowest BCUT2D eigenvalue weighted by atomic mass is 9.96. The van der Waals surface area contributed by atoms with Gasteiger partial charge in [0.2, 0.25) is 0 Å². The van der Waals surface area contributed by atoms with E-state index in [1.165, 1.54) is 18.4 Å². The summed E-state index contributed by atoms with van der Waals surface area (Å²) >= 11 is 0. The molecule has 130 valence electrons. The first-order chi connectivity index (χ1) is 12.1. The van der Waals surface area contributed by atoms with Gasteiger partial charge in [0, 0.05) is 47.0 Å². The molecule has 0 radical (unpaired) electrons. The van der Waals surface area contributed by atoms with Crippen LogP contribution in [0.25, 0.3) is 5.70 Å². The van der Waals surface area contributed by atoms with Gasteiger partial charge in [0.05, 0.1) is 0 Å². The molecule has 1 saturated carbocycles. The fraction of sp³-hybridized carbons (Fsp3) is 0.333. The van der Waals surface area contributed by atoms with Gasteiger partial charge in [-0.3, -0.25) is 4.98 Å². The molecule has 0 unspecified atom stereocenters. The van der Waals surface area contributed by atoms with Crippen molar-refractivity contribution in [1.29, 1.82) is 5.41 Å². The Bertz CT molecular complexity index is 789. The summed E-state index contributed by atoms with van der Waals surface area (Å²) in [6, 6.07) is 10.2. The minimum Gasteiger partial charge on any atom is -0.398 e. The second-order valence-corrected chi connectivity index (χ2v) is 6.82. The average molecular weight is 334 g/mol. The van der Waals surface area contributed by atoms with Crippen LogP contribution in [0.5, 0.6) is 0 Å². The summed E-state index contributed by atoms with van der Waals surface area (Å²) < 4.78 is 0. The van der Waals surface area contributed by atoms with Crippen molar-refractivity contribution in [2.45, 2.75) is 38.5 Å². The van der Waals surface area contributed by atoms with Crippen LogP contribution in [0.15, 0.2) is 48.8 Å². The largest absolute Gasteiger partial charge is 0.398 e. The molecule has 1 aromatic carbocycles. The number of pyridine rings is 1. The number of nitrogens with zero attached hydrogens (tertiary/aromatic N) is 1. The SMILES string of the molecule is CC/C=C(\NCC1(c2ccncc2)CC1)c1ccc(N)c(C(C)=N)c1. The van der Waals surface area contributed by atoms with Crippen LogP contribution in [-0.4, -0.2) is 17.2 Å². The monoisotopic (exact) mass is 334 g/mol. The standard InChI is InChI=1S/C21H26N4/c1-3-4-20(16-5-6-19(23)18(13-16)15(2)22)25-14-21(9-10-21)17-7-11-24-12-8-17/h4-8,11-13,22,25H,3,9-10,14,23H2,1-2H3/b20-4-,22-15?. The van der Waals surface area contributed by atoms with Crippen molar-refractivity contribution >= 4 is 17.1 Å². The highest BCUT2D eigenvalue weighted by molar-refractivity contribution is 6.01. The molecule has 4 nitrogen and oxygen atoms in total. The lowest BCUT2D eigenvalue weighted by Crippen LogP contribution is -2.26. The Morgan fingerprint density at radius 3 is 2.60 bits per heavy atom. The Labute approximate surface area is 149 Å². The van der Waals surface area contributed by atoms with Crippen molar-refractivity contribution in [3.63, 3.8) is 0 Å². The van der Waals surface area contributed by atoms with Crippen LogP contribution >= 0.6 is 0 Å². The van der Waals surface area contributed by atoms with E-state index >= 15 is 0 Å². The second kappa shape index (κ2) is 7.09. The van der Waals surface area contributed by atoms with E-state index in [2.05, 4.69) is 35.4 Å². The Hall–Kier alpha value is -2.62. The van der Waals surface area contributed by atoms with E-state index in [-0.39, 0.29) is 5.41 Å². The minimum absolute atomic E-state index is 0.226. The summed E-state index contributed by atoms with van der Waals surface area (Å²) in [5.41, 5.74) is 11.7. The fourth-order valence-electron chi connectivity index (χ4n) is 3.23. The molecule has 0 bridgehead atoms. The molecule has 1 heterocycles. The molecule has 25 heavy (non-hydrogen) atoms. The number of nitrogens with two attached hydrogens (primary N) is 1. The molecule has 0 aliphatic heterocycles. The van der Waals surface area contributed by atoms with E-state index < -0.39 is 0 Å². The molecule has 1 fully saturated rings. The summed E-state index contributed by atoms with van der Waals surface area (Å²) in [4.78, 5) is 4.13. The maximum absolute atomic E-state index is 7.91. The number of rotatable bonds is 7. The van der Waals surface area contributed by atoms with Gasteiger partial charge in [0.1, 0.15) is 0 Å². The highest BCUT2D eigenvalue weighted by Crippen LogP contribution is 2.47. The van der Waals surface area contributed by atoms with Gasteiger partial charge in [-0.05, 0) is 61.6 Å². The van der Waals surface area contributed by atoms with Gasteiger partial charge in [-0.15, -0.1) is 0 Å². The Morgan fingerprint density at radius 2 is 2.00 bits per heavy atom. The molecule has 4 N–H and O–H groups in total. The molecule has 1 aliphatic carbocycles. The zero-order valence-corrected chi connectivity index (χ0v) is 15.0. The average Bonchev–Trinajstić information content (AvgIpc) is 3.41. The summed E-state index contributed by atoms with van der Waals surface area (Å²) in [6.07, 6.45) is 9.31. The number of anilines is 1. The molecule has 2 aromatic rings. The zero-order valence-electron chi connectivity index (χ0n) is 15.0. The molecule has 0 amide bonds. The van der Waals surface area contributed by atoms with E-state index in [0.29, 0.717) is 11.4 Å². The molecule has 3 rings (SSSR count).